The zero-order valence-electron chi connectivity index (χ0n) is 23.4. The third-order valence-electron chi connectivity index (χ3n) is 6.57. The standard InChI is InChI=1S/C28H31N3O8S3/c1-5-11-31-19-10-8-17(26(34)38-4)13-21(19)41-28(31)30-23(33)15-42(36,37)14-22(32)29-25-24(27(35)39-6-2)18-9-7-16(3)12-20(18)40-25/h5,8,10,13,16H,1,6-7,9,11-12,14-15H2,2-4H3,(H,29,32). The maximum Gasteiger partial charge on any atom is 0.341 e. The molecule has 0 fully saturated rings. The fourth-order valence-corrected chi connectivity index (χ4v) is 8.23. The van der Waals surface area contributed by atoms with Gasteiger partial charge >= 0.3 is 11.9 Å². The van der Waals surface area contributed by atoms with E-state index in [2.05, 4.69) is 23.8 Å². The number of esters is 2. The van der Waals surface area contributed by atoms with Crippen molar-refractivity contribution in [3.05, 3.63) is 57.2 Å². The van der Waals surface area contributed by atoms with Gasteiger partial charge in [0.25, 0.3) is 5.91 Å². The molecule has 42 heavy (non-hydrogen) atoms. The molecule has 1 aliphatic carbocycles. The number of allylic oxidation sites excluding steroid dienone is 1. The minimum atomic E-state index is -4.20. The summed E-state index contributed by atoms with van der Waals surface area (Å²) in [6.45, 7) is 7.95. The molecule has 2 amide bonds. The van der Waals surface area contributed by atoms with E-state index < -0.39 is 45.1 Å². The Hall–Kier alpha value is -3.62. The molecular formula is C28H31N3O8S3. The highest BCUT2D eigenvalue weighted by Crippen LogP contribution is 2.40. The monoisotopic (exact) mass is 633 g/mol. The highest BCUT2D eigenvalue weighted by Gasteiger charge is 2.30. The Labute approximate surface area is 250 Å². The minimum absolute atomic E-state index is 0.159. The number of hydrogen-bond acceptors (Lipinski definition) is 10. The molecule has 0 aliphatic heterocycles. The molecule has 3 aromatic rings. The molecule has 1 aromatic carbocycles. The van der Waals surface area contributed by atoms with E-state index in [0.717, 1.165) is 34.6 Å². The van der Waals surface area contributed by atoms with Gasteiger partial charge < -0.3 is 19.4 Å². The molecule has 1 aliphatic rings. The van der Waals surface area contributed by atoms with Gasteiger partial charge in [-0.05, 0) is 55.9 Å². The van der Waals surface area contributed by atoms with Gasteiger partial charge in [-0.2, -0.15) is 4.99 Å². The first-order valence-corrected chi connectivity index (χ1v) is 16.6. The smallest absolute Gasteiger partial charge is 0.341 e. The summed E-state index contributed by atoms with van der Waals surface area (Å²) in [7, 11) is -2.93. The van der Waals surface area contributed by atoms with Gasteiger partial charge in [0.2, 0.25) is 5.91 Å². The third kappa shape index (κ3) is 7.05. The maximum absolute atomic E-state index is 12.8. The number of thiophene rings is 1. The number of benzene rings is 1. The van der Waals surface area contributed by atoms with E-state index >= 15 is 0 Å². The number of methoxy groups -OCH3 is 1. The Bertz CT molecular complexity index is 1750. The summed E-state index contributed by atoms with van der Waals surface area (Å²) in [5.74, 6) is -4.42. The van der Waals surface area contributed by atoms with E-state index in [9.17, 15) is 27.6 Å². The summed E-state index contributed by atoms with van der Waals surface area (Å²) in [5.41, 5.74) is 2.09. The highest BCUT2D eigenvalue weighted by atomic mass is 32.2. The number of rotatable bonds is 10. The SMILES string of the molecule is C=CCn1c(=NC(=O)CS(=O)(=O)CC(=O)Nc2sc3c(c2C(=O)OCC)CCC(C)C3)sc2cc(C(=O)OC)ccc21. The second-order valence-electron chi connectivity index (χ2n) is 9.82. The lowest BCUT2D eigenvalue weighted by atomic mass is 9.88. The lowest BCUT2D eigenvalue weighted by Gasteiger charge is -2.18. The van der Waals surface area contributed by atoms with Crippen LogP contribution in [0.1, 0.15) is 51.4 Å². The van der Waals surface area contributed by atoms with E-state index in [1.807, 2.05) is 0 Å². The van der Waals surface area contributed by atoms with Crippen LogP contribution in [0.25, 0.3) is 10.2 Å². The van der Waals surface area contributed by atoms with Gasteiger partial charge in [-0.15, -0.1) is 17.9 Å². The van der Waals surface area contributed by atoms with E-state index in [1.54, 1.807) is 35.8 Å². The summed E-state index contributed by atoms with van der Waals surface area (Å²) in [6, 6.07) is 4.86. The van der Waals surface area contributed by atoms with Crippen LogP contribution in [0.3, 0.4) is 0 Å². The van der Waals surface area contributed by atoms with Gasteiger partial charge in [0.1, 0.15) is 16.5 Å². The summed E-state index contributed by atoms with van der Waals surface area (Å²) >= 11 is 2.35. The summed E-state index contributed by atoms with van der Waals surface area (Å²) < 4.78 is 37.9. The minimum Gasteiger partial charge on any atom is -0.465 e. The topological polar surface area (TPSA) is 150 Å². The number of ether oxygens (including phenoxy) is 2. The molecule has 0 spiro atoms. The molecule has 0 saturated carbocycles. The second kappa shape index (κ2) is 13.1. The molecule has 0 bridgehead atoms. The molecule has 0 radical (unpaired) electrons. The molecule has 2 aromatic heterocycles. The number of amides is 2. The van der Waals surface area contributed by atoms with Crippen molar-refractivity contribution >= 4 is 71.5 Å². The van der Waals surface area contributed by atoms with E-state index in [-0.39, 0.29) is 28.5 Å². The fourth-order valence-electron chi connectivity index (χ4n) is 4.71. The molecule has 4 rings (SSSR count). The van der Waals surface area contributed by atoms with Crippen molar-refractivity contribution < 1.29 is 37.1 Å². The lowest BCUT2D eigenvalue weighted by molar-refractivity contribution is -0.115. The number of anilines is 1. The number of carbonyl (C=O) groups is 4. The second-order valence-corrected chi connectivity index (χ2v) is 14.0. The summed E-state index contributed by atoms with van der Waals surface area (Å²) in [4.78, 5) is 55.4. The van der Waals surface area contributed by atoms with Gasteiger partial charge in [-0.1, -0.05) is 24.3 Å². The predicted molar refractivity (Wildman–Crippen MR) is 161 cm³/mol. The number of nitrogens with one attached hydrogen (secondary N) is 1. The summed E-state index contributed by atoms with van der Waals surface area (Å²) in [6.07, 6.45) is 3.91. The quantitative estimate of drug-likeness (QED) is 0.263. The molecule has 14 heteroatoms. The lowest BCUT2D eigenvalue weighted by Crippen LogP contribution is -2.28. The first-order chi connectivity index (χ1) is 20.0. The molecule has 224 valence electrons. The van der Waals surface area contributed by atoms with Crippen molar-refractivity contribution in [2.75, 3.05) is 30.5 Å². The highest BCUT2D eigenvalue weighted by molar-refractivity contribution is 7.92. The predicted octanol–water partition coefficient (Wildman–Crippen LogP) is 3.52. The van der Waals surface area contributed by atoms with Crippen molar-refractivity contribution in [2.24, 2.45) is 10.9 Å². The van der Waals surface area contributed by atoms with E-state index in [1.165, 1.54) is 18.4 Å². The van der Waals surface area contributed by atoms with Gasteiger partial charge in [0.05, 0.1) is 35.1 Å². The Morgan fingerprint density at radius 2 is 1.95 bits per heavy atom. The van der Waals surface area contributed by atoms with Crippen LogP contribution >= 0.6 is 22.7 Å². The van der Waals surface area contributed by atoms with Crippen LogP contribution < -0.4 is 10.1 Å². The van der Waals surface area contributed by atoms with Crippen LogP contribution in [0.15, 0.2) is 35.8 Å². The third-order valence-corrected chi connectivity index (χ3v) is 10.2. The normalized spacial score (nSPS) is 15.2. The van der Waals surface area contributed by atoms with Crippen LogP contribution in [0.5, 0.6) is 0 Å². The Morgan fingerprint density at radius 3 is 2.64 bits per heavy atom. The molecule has 11 nitrogen and oxygen atoms in total. The van der Waals surface area contributed by atoms with Crippen molar-refractivity contribution in [1.82, 2.24) is 4.57 Å². The van der Waals surface area contributed by atoms with Crippen molar-refractivity contribution in [1.29, 1.82) is 0 Å². The van der Waals surface area contributed by atoms with Crippen molar-refractivity contribution in [3.8, 4) is 0 Å². The maximum atomic E-state index is 12.8. The van der Waals surface area contributed by atoms with Crippen LogP contribution in [-0.4, -0.2) is 62.0 Å². The average molecular weight is 634 g/mol. The summed E-state index contributed by atoms with van der Waals surface area (Å²) in [5, 5.41) is 2.83. The molecule has 2 heterocycles. The average Bonchev–Trinajstić information content (AvgIpc) is 3.43. The number of sulfone groups is 1. The Kier molecular flexibility index (Phi) is 9.79. The number of hydrogen-bond donors (Lipinski definition) is 1. The van der Waals surface area contributed by atoms with Crippen LogP contribution in [-0.2, 0) is 48.3 Å². The van der Waals surface area contributed by atoms with Gasteiger partial charge in [-0.3, -0.25) is 9.59 Å². The number of fused-ring (bicyclic) bond motifs is 2. The van der Waals surface area contributed by atoms with Crippen LogP contribution in [0.2, 0.25) is 0 Å². The number of nitrogens with zero attached hydrogens (tertiary/aromatic N) is 2. The van der Waals surface area contributed by atoms with E-state index in [4.69, 9.17) is 9.47 Å². The van der Waals surface area contributed by atoms with Crippen LogP contribution in [0, 0.1) is 5.92 Å². The largest absolute Gasteiger partial charge is 0.465 e. The van der Waals surface area contributed by atoms with E-state index in [0.29, 0.717) is 28.1 Å². The van der Waals surface area contributed by atoms with Crippen molar-refractivity contribution in [2.45, 2.75) is 39.7 Å². The molecular weight excluding hydrogens is 603 g/mol. The Morgan fingerprint density at radius 1 is 1.19 bits per heavy atom. The first kappa shape index (κ1) is 31.3. The first-order valence-electron chi connectivity index (χ1n) is 13.2. The molecule has 1 atom stereocenters. The zero-order valence-corrected chi connectivity index (χ0v) is 25.9. The molecule has 1 N–H and O–H groups in total. The van der Waals surface area contributed by atoms with Crippen LogP contribution in [0.4, 0.5) is 5.00 Å². The molecule has 1 unspecified atom stereocenters. The van der Waals surface area contributed by atoms with Crippen molar-refractivity contribution in [3.63, 3.8) is 0 Å². The number of thiazole rings is 1. The fraction of sp³-hybridized carbons (Fsp3) is 0.393. The number of aromatic nitrogens is 1. The van der Waals surface area contributed by atoms with Gasteiger partial charge in [0.15, 0.2) is 14.6 Å². The van der Waals surface area contributed by atoms with Gasteiger partial charge in [-0.25, -0.2) is 18.0 Å². The molecule has 0 saturated heterocycles. The zero-order chi connectivity index (χ0) is 30.6. The van der Waals surface area contributed by atoms with Gasteiger partial charge in [0, 0.05) is 11.4 Å². The Balaban J connectivity index is 1.53. The number of carbonyl (C=O) groups excluding carboxylic acids is 4.